The summed E-state index contributed by atoms with van der Waals surface area (Å²) in [7, 11) is 4.05. The van der Waals surface area contributed by atoms with E-state index in [1.54, 1.807) is 11.9 Å². The van der Waals surface area contributed by atoms with Crippen LogP contribution >= 0.6 is 11.9 Å². The molecule has 0 N–H and O–H groups in total. The van der Waals surface area contributed by atoms with Gasteiger partial charge in [-0.25, -0.2) is 0 Å². The Morgan fingerprint density at radius 2 is 1.72 bits per heavy atom. The maximum absolute atomic E-state index is 10.6. The molecule has 0 saturated heterocycles. The lowest BCUT2D eigenvalue weighted by molar-refractivity contribution is 0.112. The molecule has 0 fully saturated rings. The third kappa shape index (κ3) is 3.22. The monoisotopic (exact) mass is 257 g/mol. The van der Waals surface area contributed by atoms with Crippen LogP contribution in [0.4, 0.5) is 0 Å². The number of aldehydes is 1. The number of hydrogen-bond donors (Lipinski definition) is 0. The van der Waals surface area contributed by atoms with Crippen molar-refractivity contribution in [3.8, 4) is 11.1 Å². The van der Waals surface area contributed by atoms with Gasteiger partial charge in [-0.1, -0.05) is 36.4 Å². The van der Waals surface area contributed by atoms with Crippen molar-refractivity contribution >= 4 is 18.2 Å². The van der Waals surface area contributed by atoms with E-state index in [0.29, 0.717) is 5.56 Å². The summed E-state index contributed by atoms with van der Waals surface area (Å²) in [5, 5.41) is 0. The lowest BCUT2D eigenvalue weighted by Gasteiger charge is -2.10. The van der Waals surface area contributed by atoms with Crippen LogP contribution in [0.3, 0.4) is 0 Å². The number of rotatable bonds is 4. The molecule has 18 heavy (non-hydrogen) atoms. The molecule has 0 heterocycles. The van der Waals surface area contributed by atoms with Gasteiger partial charge in [-0.05, 0) is 49.3 Å². The molecule has 3 heteroatoms. The van der Waals surface area contributed by atoms with Crippen molar-refractivity contribution < 1.29 is 4.79 Å². The first-order valence-corrected chi connectivity index (χ1v) is 6.47. The Hall–Kier alpha value is -1.58. The summed E-state index contributed by atoms with van der Waals surface area (Å²) < 4.78 is 2.06. The predicted octanol–water partition coefficient (Wildman–Crippen LogP) is 3.73. The minimum atomic E-state index is 0.706. The first-order valence-electron chi connectivity index (χ1n) is 5.70. The van der Waals surface area contributed by atoms with Crippen LogP contribution in [-0.2, 0) is 0 Å². The van der Waals surface area contributed by atoms with Crippen molar-refractivity contribution in [1.82, 2.24) is 4.31 Å². The molecule has 2 rings (SSSR count). The van der Waals surface area contributed by atoms with Crippen molar-refractivity contribution in [2.45, 2.75) is 4.90 Å². The van der Waals surface area contributed by atoms with Gasteiger partial charge in [0.15, 0.2) is 0 Å². The summed E-state index contributed by atoms with van der Waals surface area (Å²) in [6, 6.07) is 16.0. The molecule has 0 saturated carbocycles. The molecule has 0 unspecified atom stereocenters. The molecule has 0 radical (unpaired) electrons. The topological polar surface area (TPSA) is 20.3 Å². The molecule has 0 aliphatic heterocycles. The fourth-order valence-electron chi connectivity index (χ4n) is 1.70. The predicted molar refractivity (Wildman–Crippen MR) is 76.8 cm³/mol. The smallest absolute Gasteiger partial charge is 0.150 e. The second kappa shape index (κ2) is 5.85. The second-order valence-electron chi connectivity index (χ2n) is 4.17. The fourth-order valence-corrected chi connectivity index (χ4v) is 2.44. The average Bonchev–Trinajstić information content (AvgIpc) is 2.38. The largest absolute Gasteiger partial charge is 0.298 e. The van der Waals surface area contributed by atoms with Crippen LogP contribution in [0.25, 0.3) is 11.1 Å². The van der Waals surface area contributed by atoms with Crippen LogP contribution in [0.2, 0.25) is 0 Å². The minimum absolute atomic E-state index is 0.706. The standard InChI is InChI=1S/C15H15NOS/c1-16(2)18-15-5-3-4-14(10-15)13-8-6-12(11-17)7-9-13/h3-11H,1-2H3. The quantitative estimate of drug-likeness (QED) is 0.615. The number of carbonyl (C=O) groups is 1. The Kier molecular flexibility index (Phi) is 4.18. The van der Waals surface area contributed by atoms with Crippen LogP contribution < -0.4 is 0 Å². The molecular formula is C15H15NOS. The zero-order valence-electron chi connectivity index (χ0n) is 10.5. The number of carbonyl (C=O) groups excluding carboxylic acids is 1. The highest BCUT2D eigenvalue weighted by Crippen LogP contribution is 2.26. The van der Waals surface area contributed by atoms with E-state index in [-0.39, 0.29) is 0 Å². The molecule has 0 aliphatic carbocycles. The highest BCUT2D eigenvalue weighted by atomic mass is 32.2. The molecule has 0 spiro atoms. The third-order valence-electron chi connectivity index (χ3n) is 2.50. The summed E-state index contributed by atoms with van der Waals surface area (Å²) in [4.78, 5) is 11.8. The van der Waals surface area contributed by atoms with Gasteiger partial charge in [-0.2, -0.15) is 0 Å². The van der Waals surface area contributed by atoms with Gasteiger partial charge in [-0.15, -0.1) is 0 Å². The first-order chi connectivity index (χ1) is 8.69. The van der Waals surface area contributed by atoms with Gasteiger partial charge in [-0.3, -0.25) is 9.10 Å². The molecule has 0 amide bonds. The Morgan fingerprint density at radius 3 is 2.33 bits per heavy atom. The zero-order chi connectivity index (χ0) is 13.0. The van der Waals surface area contributed by atoms with E-state index in [0.717, 1.165) is 11.8 Å². The molecular weight excluding hydrogens is 242 g/mol. The SMILES string of the molecule is CN(C)Sc1cccc(-c2ccc(C=O)cc2)c1. The van der Waals surface area contributed by atoms with Crippen molar-refractivity contribution in [2.75, 3.05) is 14.1 Å². The van der Waals surface area contributed by atoms with Gasteiger partial charge in [0.1, 0.15) is 6.29 Å². The minimum Gasteiger partial charge on any atom is -0.298 e. The molecule has 0 atom stereocenters. The molecule has 92 valence electrons. The first kappa shape index (κ1) is 12.9. The van der Waals surface area contributed by atoms with Gasteiger partial charge in [0, 0.05) is 10.5 Å². The summed E-state index contributed by atoms with van der Waals surface area (Å²) in [5.41, 5.74) is 3.00. The van der Waals surface area contributed by atoms with Crippen molar-refractivity contribution in [3.05, 3.63) is 54.1 Å². The van der Waals surface area contributed by atoms with Crippen molar-refractivity contribution in [3.63, 3.8) is 0 Å². The molecule has 0 bridgehead atoms. The van der Waals surface area contributed by atoms with Crippen LogP contribution in [0, 0.1) is 0 Å². The zero-order valence-corrected chi connectivity index (χ0v) is 11.3. The van der Waals surface area contributed by atoms with E-state index in [9.17, 15) is 4.79 Å². The molecule has 0 aliphatic rings. The lowest BCUT2D eigenvalue weighted by Crippen LogP contribution is -1.98. The van der Waals surface area contributed by atoms with E-state index in [1.165, 1.54) is 10.5 Å². The van der Waals surface area contributed by atoms with Gasteiger partial charge >= 0.3 is 0 Å². The van der Waals surface area contributed by atoms with Crippen LogP contribution in [-0.4, -0.2) is 24.7 Å². The summed E-state index contributed by atoms with van der Waals surface area (Å²) in [6.07, 6.45) is 0.863. The molecule has 0 aromatic heterocycles. The number of nitrogens with zero attached hydrogens (tertiary/aromatic N) is 1. The summed E-state index contributed by atoms with van der Waals surface area (Å²) in [6.45, 7) is 0. The van der Waals surface area contributed by atoms with Gasteiger partial charge in [0.25, 0.3) is 0 Å². The number of benzene rings is 2. The average molecular weight is 257 g/mol. The van der Waals surface area contributed by atoms with Crippen molar-refractivity contribution in [1.29, 1.82) is 0 Å². The van der Waals surface area contributed by atoms with E-state index in [1.807, 2.05) is 38.4 Å². The third-order valence-corrected chi connectivity index (χ3v) is 3.33. The summed E-state index contributed by atoms with van der Waals surface area (Å²) >= 11 is 1.69. The Balaban J connectivity index is 2.29. The van der Waals surface area contributed by atoms with Crippen LogP contribution in [0.1, 0.15) is 10.4 Å². The maximum Gasteiger partial charge on any atom is 0.150 e. The van der Waals surface area contributed by atoms with E-state index < -0.39 is 0 Å². The fraction of sp³-hybridized carbons (Fsp3) is 0.133. The second-order valence-corrected chi connectivity index (χ2v) is 5.56. The number of hydrogen-bond acceptors (Lipinski definition) is 3. The Bertz CT molecular complexity index is 534. The van der Waals surface area contributed by atoms with Crippen LogP contribution in [0.15, 0.2) is 53.4 Å². The highest BCUT2D eigenvalue weighted by molar-refractivity contribution is 7.97. The Labute approximate surface area is 112 Å². The van der Waals surface area contributed by atoms with Crippen LogP contribution in [0.5, 0.6) is 0 Å². The van der Waals surface area contributed by atoms with Gasteiger partial charge in [0.05, 0.1) is 0 Å². The molecule has 2 aromatic carbocycles. The van der Waals surface area contributed by atoms with E-state index >= 15 is 0 Å². The van der Waals surface area contributed by atoms with Gasteiger partial charge < -0.3 is 0 Å². The molecule has 2 aromatic rings. The maximum atomic E-state index is 10.6. The normalized spacial score (nSPS) is 10.6. The Morgan fingerprint density at radius 1 is 1.00 bits per heavy atom. The van der Waals surface area contributed by atoms with E-state index in [2.05, 4.69) is 28.6 Å². The van der Waals surface area contributed by atoms with Gasteiger partial charge in [0.2, 0.25) is 0 Å². The highest BCUT2D eigenvalue weighted by Gasteiger charge is 2.01. The van der Waals surface area contributed by atoms with Crippen molar-refractivity contribution in [2.24, 2.45) is 0 Å². The summed E-state index contributed by atoms with van der Waals surface area (Å²) in [5.74, 6) is 0. The lowest BCUT2D eigenvalue weighted by atomic mass is 10.0. The molecule has 2 nitrogen and oxygen atoms in total. The van der Waals surface area contributed by atoms with E-state index in [4.69, 9.17) is 0 Å².